The zero-order valence-corrected chi connectivity index (χ0v) is 21.9. The molecular formula is C25H23BrCl2N4S. The van der Waals surface area contributed by atoms with Gasteiger partial charge in [0.1, 0.15) is 0 Å². The van der Waals surface area contributed by atoms with Crippen LogP contribution in [0.1, 0.15) is 41.6 Å². The van der Waals surface area contributed by atoms with Crippen molar-refractivity contribution in [1.29, 1.82) is 0 Å². The van der Waals surface area contributed by atoms with E-state index >= 15 is 0 Å². The number of halogens is 3. The van der Waals surface area contributed by atoms with Crippen LogP contribution in [0.3, 0.4) is 0 Å². The molecule has 1 aliphatic rings. The highest BCUT2D eigenvalue weighted by Crippen LogP contribution is 2.50. The average Bonchev–Trinajstić information content (AvgIpc) is 3.18. The largest absolute Gasteiger partial charge is 0.316 e. The topological polar surface area (TPSA) is 43.1 Å². The molecule has 1 saturated carbocycles. The van der Waals surface area contributed by atoms with Gasteiger partial charge in [-0.2, -0.15) is 0 Å². The van der Waals surface area contributed by atoms with Crippen LogP contribution in [-0.2, 0) is 18.5 Å². The number of pyridine rings is 2. The van der Waals surface area contributed by atoms with Gasteiger partial charge in [0, 0.05) is 41.3 Å². The predicted octanol–water partition coefficient (Wildman–Crippen LogP) is 6.84. The normalized spacial score (nSPS) is 15.0. The maximum atomic E-state index is 6.41. The van der Waals surface area contributed by atoms with Crippen LogP contribution >= 0.6 is 51.5 Å². The van der Waals surface area contributed by atoms with E-state index in [4.69, 9.17) is 28.2 Å². The summed E-state index contributed by atoms with van der Waals surface area (Å²) in [7, 11) is 0. The Balaban J connectivity index is 0.00000259. The van der Waals surface area contributed by atoms with Crippen LogP contribution < -0.4 is 4.80 Å². The molecule has 3 aromatic heterocycles. The third kappa shape index (κ3) is 4.94. The van der Waals surface area contributed by atoms with Crippen LogP contribution in [0, 0.1) is 0 Å². The first-order chi connectivity index (χ1) is 15.7. The van der Waals surface area contributed by atoms with Gasteiger partial charge in [0.15, 0.2) is 4.80 Å². The van der Waals surface area contributed by atoms with E-state index in [9.17, 15) is 0 Å². The van der Waals surface area contributed by atoms with Gasteiger partial charge in [-0.1, -0.05) is 47.8 Å². The lowest BCUT2D eigenvalue weighted by atomic mass is 9.62. The summed E-state index contributed by atoms with van der Waals surface area (Å²) < 4.78 is 2.35. The van der Waals surface area contributed by atoms with Crippen LogP contribution in [0.2, 0.25) is 10.0 Å². The first-order valence-corrected chi connectivity index (χ1v) is 12.2. The molecule has 0 aliphatic heterocycles. The minimum absolute atomic E-state index is 0. The maximum Gasteiger partial charge on any atom is 0.185 e. The summed E-state index contributed by atoms with van der Waals surface area (Å²) in [5.74, 6) is 0. The molecule has 0 amide bonds. The highest BCUT2D eigenvalue weighted by Gasteiger charge is 2.43. The Kier molecular flexibility index (Phi) is 7.69. The molecule has 0 atom stereocenters. The second-order valence-electron chi connectivity index (χ2n) is 8.09. The maximum absolute atomic E-state index is 6.41. The van der Waals surface area contributed by atoms with Gasteiger partial charge < -0.3 is 4.57 Å². The fourth-order valence-corrected chi connectivity index (χ4v) is 5.62. The summed E-state index contributed by atoms with van der Waals surface area (Å²) in [6.07, 6.45) is 10.7. The van der Waals surface area contributed by atoms with Crippen molar-refractivity contribution in [1.82, 2.24) is 14.5 Å². The fraction of sp³-hybridized carbons (Fsp3) is 0.240. The van der Waals surface area contributed by atoms with Crippen molar-refractivity contribution in [2.75, 3.05) is 0 Å². The van der Waals surface area contributed by atoms with Crippen LogP contribution in [-0.4, -0.2) is 14.5 Å². The summed E-state index contributed by atoms with van der Waals surface area (Å²) in [5.41, 5.74) is 4.67. The van der Waals surface area contributed by atoms with Crippen LogP contribution in [0.5, 0.6) is 0 Å². The molecule has 3 heterocycles. The fourth-order valence-electron chi connectivity index (χ4n) is 4.33. The van der Waals surface area contributed by atoms with Crippen molar-refractivity contribution in [2.24, 2.45) is 4.99 Å². The zero-order chi connectivity index (χ0) is 22.0. The number of aromatic nitrogens is 3. The number of hydrogen-bond acceptors (Lipinski definition) is 4. The number of hydrogen-bond donors (Lipinski definition) is 0. The van der Waals surface area contributed by atoms with Crippen molar-refractivity contribution >= 4 is 51.5 Å². The molecule has 4 nitrogen and oxygen atoms in total. The first kappa shape index (κ1) is 24.1. The quantitative estimate of drug-likeness (QED) is 0.258. The monoisotopic (exact) mass is 560 g/mol. The van der Waals surface area contributed by atoms with E-state index in [2.05, 4.69) is 38.1 Å². The molecule has 5 rings (SSSR count). The van der Waals surface area contributed by atoms with Gasteiger partial charge >= 0.3 is 0 Å². The summed E-state index contributed by atoms with van der Waals surface area (Å²) in [4.78, 5) is 14.5. The molecule has 170 valence electrons. The smallest absolute Gasteiger partial charge is 0.185 e. The van der Waals surface area contributed by atoms with Gasteiger partial charge in [0.05, 0.1) is 23.1 Å². The number of nitrogens with zero attached hydrogens (tertiary/aromatic N) is 4. The first-order valence-electron chi connectivity index (χ1n) is 10.6. The molecule has 0 unspecified atom stereocenters. The molecule has 33 heavy (non-hydrogen) atoms. The van der Waals surface area contributed by atoms with Crippen LogP contribution in [0.15, 0.2) is 77.6 Å². The van der Waals surface area contributed by atoms with E-state index in [1.54, 1.807) is 23.7 Å². The molecule has 1 aromatic carbocycles. The van der Waals surface area contributed by atoms with Crippen molar-refractivity contribution < 1.29 is 0 Å². The molecule has 0 spiro atoms. The van der Waals surface area contributed by atoms with E-state index in [1.807, 2.05) is 36.7 Å². The molecule has 0 bridgehead atoms. The Hall–Kier alpha value is -1.99. The van der Waals surface area contributed by atoms with Crippen molar-refractivity contribution in [3.63, 3.8) is 0 Å². The van der Waals surface area contributed by atoms with Gasteiger partial charge in [-0.3, -0.25) is 15.0 Å². The molecule has 0 radical (unpaired) electrons. The highest BCUT2D eigenvalue weighted by atomic mass is 79.9. The second kappa shape index (κ2) is 10.5. The molecule has 0 N–H and O–H groups in total. The van der Waals surface area contributed by atoms with E-state index < -0.39 is 0 Å². The minimum Gasteiger partial charge on any atom is -0.316 e. The Morgan fingerprint density at radius 1 is 0.970 bits per heavy atom. The molecule has 1 aliphatic carbocycles. The second-order valence-corrected chi connectivity index (χ2v) is 9.74. The highest BCUT2D eigenvalue weighted by molar-refractivity contribution is 8.93. The molecular weight excluding hydrogens is 539 g/mol. The van der Waals surface area contributed by atoms with E-state index in [0.29, 0.717) is 16.6 Å². The number of rotatable bonds is 6. The summed E-state index contributed by atoms with van der Waals surface area (Å²) in [5, 5.41) is 3.46. The lowest BCUT2D eigenvalue weighted by molar-refractivity contribution is 0.284. The van der Waals surface area contributed by atoms with Gasteiger partial charge in [0.2, 0.25) is 0 Å². The van der Waals surface area contributed by atoms with E-state index in [-0.39, 0.29) is 22.4 Å². The van der Waals surface area contributed by atoms with Gasteiger partial charge in [-0.15, -0.1) is 28.3 Å². The Morgan fingerprint density at radius 3 is 2.30 bits per heavy atom. The lowest BCUT2D eigenvalue weighted by Gasteiger charge is -2.43. The summed E-state index contributed by atoms with van der Waals surface area (Å²) in [6.45, 7) is 1.32. The third-order valence-corrected chi connectivity index (χ3v) is 7.79. The summed E-state index contributed by atoms with van der Waals surface area (Å²) in [6, 6.07) is 14.1. The Morgan fingerprint density at radius 2 is 1.70 bits per heavy atom. The Labute approximate surface area is 217 Å². The predicted molar refractivity (Wildman–Crippen MR) is 141 cm³/mol. The van der Waals surface area contributed by atoms with Gasteiger partial charge in [0.25, 0.3) is 0 Å². The number of benzene rings is 1. The van der Waals surface area contributed by atoms with Gasteiger partial charge in [-0.25, -0.2) is 0 Å². The summed E-state index contributed by atoms with van der Waals surface area (Å²) >= 11 is 14.3. The molecule has 8 heteroatoms. The molecule has 1 fully saturated rings. The van der Waals surface area contributed by atoms with E-state index in [1.165, 1.54) is 17.7 Å². The van der Waals surface area contributed by atoms with Gasteiger partial charge in [-0.05, 0) is 53.8 Å². The Bertz CT molecular complexity index is 1280. The van der Waals surface area contributed by atoms with Crippen molar-refractivity contribution in [2.45, 2.75) is 37.8 Å². The molecule has 0 saturated heterocycles. The third-order valence-electron chi connectivity index (χ3n) is 6.15. The van der Waals surface area contributed by atoms with Crippen LogP contribution in [0.25, 0.3) is 0 Å². The lowest BCUT2D eigenvalue weighted by Crippen LogP contribution is -2.39. The number of thiazole rings is 1. The minimum atomic E-state index is -0.0744. The zero-order valence-electron chi connectivity index (χ0n) is 17.8. The SMILES string of the molecule is Br.Clc1ccc(C2(c3csc(=NCc4cccnc4)n3Cc3cccnc3)CCC2)cc1Cl. The van der Waals surface area contributed by atoms with Crippen molar-refractivity contribution in [3.8, 4) is 0 Å². The van der Waals surface area contributed by atoms with E-state index in [0.717, 1.165) is 35.3 Å². The standard InChI is InChI=1S/C25H22Cl2N4S.BrH/c26-21-7-6-20(12-22(21)27)25(8-3-9-25)23-17-32-24(30-15-18-4-1-10-28-13-18)31(23)16-19-5-2-11-29-14-19;/h1-2,4-7,10-14,17H,3,8-9,15-16H2;1H. The van der Waals surface area contributed by atoms with Crippen LogP contribution in [0.4, 0.5) is 0 Å². The molecule has 4 aromatic rings. The van der Waals surface area contributed by atoms with Crippen molar-refractivity contribution in [3.05, 3.63) is 110 Å². The average molecular weight is 562 g/mol.